The second-order valence-electron chi connectivity index (χ2n) is 5.67. The number of carboxylic acid groups (broad SMARTS) is 1. The van der Waals surface area contributed by atoms with Crippen molar-refractivity contribution in [2.75, 3.05) is 6.54 Å². The standard InChI is InChI=1S/C15H21NO4S/c1-10-8-11(2)14(12(3)9-10)21(19,20)16-7-5-4-6-13(16)15(17)18/h8-9,13H,4-7H2,1-3H3,(H,17,18)/p-1/t13-/m0/s1. The summed E-state index contributed by atoms with van der Waals surface area (Å²) in [6.07, 6.45) is 1.69. The number of aliphatic carboxylic acids is 1. The van der Waals surface area contributed by atoms with Gasteiger partial charge in [0.05, 0.1) is 16.9 Å². The van der Waals surface area contributed by atoms with Gasteiger partial charge < -0.3 is 9.90 Å². The topological polar surface area (TPSA) is 77.5 Å². The number of benzene rings is 1. The number of hydrogen-bond acceptors (Lipinski definition) is 4. The smallest absolute Gasteiger partial charge is 0.244 e. The Kier molecular flexibility index (Phi) is 4.39. The van der Waals surface area contributed by atoms with E-state index in [-0.39, 0.29) is 11.4 Å². The molecule has 0 saturated carbocycles. The lowest BCUT2D eigenvalue weighted by molar-refractivity contribution is -0.311. The molecule has 1 aromatic rings. The molecule has 0 aliphatic carbocycles. The first-order chi connectivity index (χ1) is 9.75. The number of nitrogens with zero attached hydrogens (tertiary/aromatic N) is 1. The summed E-state index contributed by atoms with van der Waals surface area (Å²) < 4.78 is 26.9. The van der Waals surface area contributed by atoms with Gasteiger partial charge in [-0.1, -0.05) is 24.1 Å². The first-order valence-corrected chi connectivity index (χ1v) is 8.49. The van der Waals surface area contributed by atoms with Crippen LogP contribution in [0.4, 0.5) is 0 Å². The van der Waals surface area contributed by atoms with Crippen LogP contribution in [0.1, 0.15) is 36.0 Å². The number of piperidine rings is 1. The minimum absolute atomic E-state index is 0.223. The Morgan fingerprint density at radius 3 is 2.29 bits per heavy atom. The molecule has 0 N–H and O–H groups in total. The molecule has 116 valence electrons. The van der Waals surface area contributed by atoms with Gasteiger partial charge in [0.25, 0.3) is 0 Å². The molecular formula is C15H20NO4S-. The van der Waals surface area contributed by atoms with Gasteiger partial charge in [0.2, 0.25) is 10.0 Å². The molecule has 1 heterocycles. The number of hydrogen-bond donors (Lipinski definition) is 0. The molecule has 5 nitrogen and oxygen atoms in total. The largest absolute Gasteiger partial charge is 0.548 e. The monoisotopic (exact) mass is 310 g/mol. The summed E-state index contributed by atoms with van der Waals surface area (Å²) in [5.74, 6) is -1.32. The second-order valence-corrected chi connectivity index (χ2v) is 7.50. The fraction of sp³-hybridized carbons (Fsp3) is 0.533. The van der Waals surface area contributed by atoms with Gasteiger partial charge in [-0.3, -0.25) is 0 Å². The maximum atomic E-state index is 12.9. The van der Waals surface area contributed by atoms with Gasteiger partial charge in [-0.25, -0.2) is 8.42 Å². The first kappa shape index (κ1) is 16.0. The van der Waals surface area contributed by atoms with Crippen LogP contribution < -0.4 is 5.11 Å². The molecule has 1 saturated heterocycles. The van der Waals surface area contributed by atoms with Crippen molar-refractivity contribution in [1.29, 1.82) is 0 Å². The molecule has 2 rings (SSSR count). The molecule has 1 fully saturated rings. The number of carbonyl (C=O) groups is 1. The third kappa shape index (κ3) is 2.96. The van der Waals surface area contributed by atoms with E-state index >= 15 is 0 Å². The first-order valence-electron chi connectivity index (χ1n) is 7.05. The highest BCUT2D eigenvalue weighted by molar-refractivity contribution is 7.89. The predicted octanol–water partition coefficient (Wildman–Crippen LogP) is 0.905. The van der Waals surface area contributed by atoms with Crippen molar-refractivity contribution in [3.8, 4) is 0 Å². The van der Waals surface area contributed by atoms with Gasteiger partial charge >= 0.3 is 0 Å². The van der Waals surface area contributed by atoms with Gasteiger partial charge in [-0.15, -0.1) is 0 Å². The van der Waals surface area contributed by atoms with E-state index in [1.807, 2.05) is 6.92 Å². The SMILES string of the molecule is Cc1cc(C)c(S(=O)(=O)N2CCCC[C@H]2C(=O)[O-])c(C)c1. The van der Waals surface area contributed by atoms with Gasteiger partial charge in [-0.2, -0.15) is 4.31 Å². The average Bonchev–Trinajstić information content (AvgIpc) is 2.37. The third-order valence-electron chi connectivity index (χ3n) is 3.90. The Labute approximate surface area is 125 Å². The highest BCUT2D eigenvalue weighted by Gasteiger charge is 2.35. The molecule has 6 heteroatoms. The van der Waals surface area contributed by atoms with Crippen LogP contribution in [0.5, 0.6) is 0 Å². The predicted molar refractivity (Wildman–Crippen MR) is 77.2 cm³/mol. The van der Waals surface area contributed by atoms with Gasteiger partial charge in [0.1, 0.15) is 0 Å². The molecule has 1 aromatic carbocycles. The molecular weight excluding hydrogens is 290 g/mol. The summed E-state index contributed by atoms with van der Waals surface area (Å²) in [6, 6.07) is 2.54. The molecule has 1 atom stereocenters. The van der Waals surface area contributed by atoms with Crippen LogP contribution in [-0.2, 0) is 14.8 Å². The van der Waals surface area contributed by atoms with Crippen molar-refractivity contribution in [1.82, 2.24) is 4.31 Å². The van der Waals surface area contributed by atoms with Gasteiger partial charge in [-0.05, 0) is 44.7 Å². The zero-order chi connectivity index (χ0) is 15.8. The summed E-state index contributed by atoms with van der Waals surface area (Å²) in [6.45, 7) is 5.62. The molecule has 0 aromatic heterocycles. The van der Waals surface area contributed by atoms with Crippen LogP contribution >= 0.6 is 0 Å². The lowest BCUT2D eigenvalue weighted by Crippen LogP contribution is -2.52. The fourth-order valence-electron chi connectivity index (χ4n) is 3.12. The molecule has 1 aliphatic heterocycles. The van der Waals surface area contributed by atoms with Gasteiger partial charge in [0, 0.05) is 6.54 Å². The summed E-state index contributed by atoms with van der Waals surface area (Å²) in [5, 5.41) is 11.2. The van der Waals surface area contributed by atoms with E-state index < -0.39 is 22.0 Å². The quantitative estimate of drug-likeness (QED) is 0.831. The van der Waals surface area contributed by atoms with E-state index in [9.17, 15) is 18.3 Å². The second kappa shape index (κ2) is 5.77. The number of aryl methyl sites for hydroxylation is 3. The highest BCUT2D eigenvalue weighted by atomic mass is 32.2. The van der Waals surface area contributed by atoms with Crippen LogP contribution in [0, 0.1) is 20.8 Å². The van der Waals surface area contributed by atoms with Crippen molar-refractivity contribution in [3.63, 3.8) is 0 Å². The van der Waals surface area contributed by atoms with E-state index in [0.29, 0.717) is 30.4 Å². The Balaban J connectivity index is 2.53. The van der Waals surface area contributed by atoms with Crippen LogP contribution in [0.15, 0.2) is 17.0 Å². The molecule has 21 heavy (non-hydrogen) atoms. The average molecular weight is 310 g/mol. The van der Waals surface area contributed by atoms with Crippen LogP contribution in [0.2, 0.25) is 0 Å². The molecule has 1 aliphatic rings. The third-order valence-corrected chi connectivity index (χ3v) is 6.11. The fourth-order valence-corrected chi connectivity index (χ4v) is 5.18. The zero-order valence-corrected chi connectivity index (χ0v) is 13.4. The van der Waals surface area contributed by atoms with E-state index in [2.05, 4.69) is 0 Å². The van der Waals surface area contributed by atoms with E-state index in [4.69, 9.17) is 0 Å². The number of carboxylic acids is 1. The summed E-state index contributed by atoms with van der Waals surface area (Å²) in [4.78, 5) is 11.5. The minimum Gasteiger partial charge on any atom is -0.548 e. The molecule has 0 amide bonds. The maximum Gasteiger partial charge on any atom is 0.244 e. The van der Waals surface area contributed by atoms with Gasteiger partial charge in [0.15, 0.2) is 0 Å². The lowest BCUT2D eigenvalue weighted by Gasteiger charge is -2.35. The molecule has 0 spiro atoms. The van der Waals surface area contributed by atoms with Crippen molar-refractivity contribution in [2.24, 2.45) is 0 Å². The zero-order valence-electron chi connectivity index (χ0n) is 12.5. The Bertz CT molecular complexity index is 643. The Morgan fingerprint density at radius 2 is 1.76 bits per heavy atom. The Hall–Kier alpha value is -1.40. The highest BCUT2D eigenvalue weighted by Crippen LogP contribution is 2.29. The van der Waals surface area contributed by atoms with E-state index in [1.165, 1.54) is 0 Å². The number of carbonyl (C=O) groups excluding carboxylic acids is 1. The summed E-state index contributed by atoms with van der Waals surface area (Å²) >= 11 is 0. The summed E-state index contributed by atoms with van der Waals surface area (Å²) in [5.41, 5.74) is 2.28. The van der Waals surface area contributed by atoms with E-state index in [1.54, 1.807) is 26.0 Å². The van der Waals surface area contributed by atoms with Crippen LogP contribution in [0.3, 0.4) is 0 Å². The molecule has 0 unspecified atom stereocenters. The van der Waals surface area contributed by atoms with Crippen LogP contribution in [0.25, 0.3) is 0 Å². The summed E-state index contributed by atoms with van der Waals surface area (Å²) in [7, 11) is -3.82. The maximum absolute atomic E-state index is 12.9. The normalized spacial score (nSPS) is 20.4. The van der Waals surface area contributed by atoms with Crippen molar-refractivity contribution in [2.45, 2.75) is 51.0 Å². The van der Waals surface area contributed by atoms with Crippen molar-refractivity contribution in [3.05, 3.63) is 28.8 Å². The minimum atomic E-state index is -3.82. The molecule has 0 radical (unpaired) electrons. The molecule has 0 bridgehead atoms. The van der Waals surface area contributed by atoms with Crippen LogP contribution in [-0.4, -0.2) is 31.3 Å². The Morgan fingerprint density at radius 1 is 1.19 bits per heavy atom. The van der Waals surface area contributed by atoms with Crippen molar-refractivity contribution < 1.29 is 18.3 Å². The van der Waals surface area contributed by atoms with E-state index in [0.717, 1.165) is 9.87 Å². The lowest BCUT2D eigenvalue weighted by atomic mass is 10.1. The number of sulfonamides is 1. The number of rotatable bonds is 3. The van der Waals surface area contributed by atoms with Crippen molar-refractivity contribution >= 4 is 16.0 Å².